The molecule has 0 atom stereocenters. The summed E-state index contributed by atoms with van der Waals surface area (Å²) < 4.78 is 56.1. The standard InChI is InChI=1S/C16H15ClFNO5S/c17-13-9-11(18)1-3-14(13)22-6-5-19-25(20,21)12-2-4-15-16(10-12)24-8-7-23-15/h1-4,9-10,19H,5-8H2. The highest BCUT2D eigenvalue weighted by Crippen LogP contribution is 2.32. The molecule has 3 rings (SSSR count). The highest BCUT2D eigenvalue weighted by Gasteiger charge is 2.19. The van der Waals surface area contributed by atoms with Crippen LogP contribution in [0.3, 0.4) is 0 Å². The molecule has 1 heterocycles. The summed E-state index contributed by atoms with van der Waals surface area (Å²) >= 11 is 5.83. The summed E-state index contributed by atoms with van der Waals surface area (Å²) in [5, 5.41) is 0.120. The van der Waals surface area contributed by atoms with Crippen LogP contribution in [0.1, 0.15) is 0 Å². The summed E-state index contributed by atoms with van der Waals surface area (Å²) in [6, 6.07) is 8.11. The van der Waals surface area contributed by atoms with E-state index >= 15 is 0 Å². The van der Waals surface area contributed by atoms with Crippen LogP contribution < -0.4 is 18.9 Å². The maximum Gasteiger partial charge on any atom is 0.240 e. The smallest absolute Gasteiger partial charge is 0.240 e. The van der Waals surface area contributed by atoms with Gasteiger partial charge in [0.2, 0.25) is 10.0 Å². The van der Waals surface area contributed by atoms with Crippen molar-refractivity contribution in [2.24, 2.45) is 0 Å². The number of benzene rings is 2. The first-order valence-electron chi connectivity index (χ1n) is 7.43. The van der Waals surface area contributed by atoms with Crippen LogP contribution in [0, 0.1) is 5.82 Å². The molecule has 1 aliphatic heterocycles. The van der Waals surface area contributed by atoms with Crippen molar-refractivity contribution in [1.29, 1.82) is 0 Å². The average Bonchev–Trinajstić information content (AvgIpc) is 2.60. The van der Waals surface area contributed by atoms with E-state index in [1.807, 2.05) is 0 Å². The molecule has 2 aromatic rings. The van der Waals surface area contributed by atoms with Crippen LogP contribution in [0.15, 0.2) is 41.3 Å². The first-order valence-corrected chi connectivity index (χ1v) is 9.29. The highest BCUT2D eigenvalue weighted by molar-refractivity contribution is 7.89. The van der Waals surface area contributed by atoms with E-state index < -0.39 is 15.8 Å². The molecule has 1 N–H and O–H groups in total. The number of hydrogen-bond acceptors (Lipinski definition) is 5. The van der Waals surface area contributed by atoms with Crippen LogP contribution in [0.5, 0.6) is 17.2 Å². The minimum absolute atomic E-state index is 0.0183. The van der Waals surface area contributed by atoms with Gasteiger partial charge in [0.15, 0.2) is 11.5 Å². The normalized spacial score (nSPS) is 13.5. The van der Waals surface area contributed by atoms with Gasteiger partial charge in [0, 0.05) is 12.6 Å². The number of hydrogen-bond donors (Lipinski definition) is 1. The summed E-state index contributed by atoms with van der Waals surface area (Å²) in [4.78, 5) is 0.0663. The maximum atomic E-state index is 12.9. The van der Waals surface area contributed by atoms with Crippen LogP contribution >= 0.6 is 11.6 Å². The van der Waals surface area contributed by atoms with Crippen molar-refractivity contribution >= 4 is 21.6 Å². The van der Waals surface area contributed by atoms with E-state index in [0.29, 0.717) is 24.7 Å². The third-order valence-electron chi connectivity index (χ3n) is 3.37. The largest absolute Gasteiger partial charge is 0.491 e. The van der Waals surface area contributed by atoms with Crippen LogP contribution in [0.4, 0.5) is 4.39 Å². The number of ether oxygens (including phenoxy) is 3. The maximum absolute atomic E-state index is 12.9. The third-order valence-corrected chi connectivity index (χ3v) is 5.12. The molecule has 0 amide bonds. The van der Waals surface area contributed by atoms with E-state index in [9.17, 15) is 12.8 Å². The summed E-state index contributed by atoms with van der Waals surface area (Å²) in [6.45, 7) is 0.858. The fourth-order valence-corrected chi connectivity index (χ4v) is 3.45. The fourth-order valence-electron chi connectivity index (χ4n) is 2.20. The number of sulfonamides is 1. The zero-order valence-corrected chi connectivity index (χ0v) is 14.6. The van der Waals surface area contributed by atoms with Crippen molar-refractivity contribution in [3.8, 4) is 17.2 Å². The van der Waals surface area contributed by atoms with Crippen molar-refractivity contribution in [3.63, 3.8) is 0 Å². The minimum Gasteiger partial charge on any atom is -0.491 e. The SMILES string of the molecule is O=S(=O)(NCCOc1ccc(F)cc1Cl)c1ccc2c(c1)OCCO2. The van der Waals surface area contributed by atoms with Crippen molar-refractivity contribution in [2.75, 3.05) is 26.4 Å². The summed E-state index contributed by atoms with van der Waals surface area (Å²) in [6.07, 6.45) is 0. The molecule has 0 spiro atoms. The van der Waals surface area contributed by atoms with Gasteiger partial charge in [-0.25, -0.2) is 17.5 Å². The summed E-state index contributed by atoms with van der Waals surface area (Å²) in [5.41, 5.74) is 0. The molecule has 2 aromatic carbocycles. The van der Waals surface area contributed by atoms with Crippen LogP contribution in [-0.4, -0.2) is 34.8 Å². The van der Waals surface area contributed by atoms with E-state index in [4.69, 9.17) is 25.8 Å². The lowest BCUT2D eigenvalue weighted by Gasteiger charge is -2.19. The van der Waals surface area contributed by atoms with Gasteiger partial charge < -0.3 is 14.2 Å². The Labute approximate surface area is 149 Å². The first-order chi connectivity index (χ1) is 12.0. The first kappa shape index (κ1) is 17.8. The fraction of sp³-hybridized carbons (Fsp3) is 0.250. The van der Waals surface area contributed by atoms with Crippen molar-refractivity contribution in [1.82, 2.24) is 4.72 Å². The van der Waals surface area contributed by atoms with Gasteiger partial charge in [0.25, 0.3) is 0 Å². The van der Waals surface area contributed by atoms with Gasteiger partial charge in [-0.1, -0.05) is 11.6 Å². The Morgan fingerprint density at radius 1 is 1.12 bits per heavy atom. The number of nitrogens with one attached hydrogen (secondary N) is 1. The Morgan fingerprint density at radius 3 is 2.64 bits per heavy atom. The zero-order valence-electron chi connectivity index (χ0n) is 13.0. The quantitative estimate of drug-likeness (QED) is 0.771. The van der Waals surface area contributed by atoms with Gasteiger partial charge >= 0.3 is 0 Å². The van der Waals surface area contributed by atoms with E-state index in [-0.39, 0.29) is 28.8 Å². The van der Waals surface area contributed by atoms with E-state index in [1.165, 1.54) is 24.3 Å². The predicted molar refractivity (Wildman–Crippen MR) is 89.5 cm³/mol. The Bertz CT molecular complexity index is 875. The molecular formula is C16H15ClFNO5S. The second kappa shape index (κ2) is 7.47. The number of halogens is 2. The molecule has 0 saturated heterocycles. The third kappa shape index (κ3) is 4.33. The van der Waals surface area contributed by atoms with Crippen LogP contribution in [0.25, 0.3) is 0 Å². The molecule has 0 aromatic heterocycles. The number of fused-ring (bicyclic) bond motifs is 1. The lowest BCUT2D eigenvalue weighted by atomic mass is 10.3. The molecular weight excluding hydrogens is 373 g/mol. The highest BCUT2D eigenvalue weighted by atomic mass is 35.5. The predicted octanol–water partition coefficient (Wildman–Crippen LogP) is 2.61. The van der Waals surface area contributed by atoms with Gasteiger partial charge in [0.1, 0.15) is 31.4 Å². The molecule has 0 fully saturated rings. The van der Waals surface area contributed by atoms with Gasteiger partial charge in [-0.15, -0.1) is 0 Å². The Kier molecular flexibility index (Phi) is 5.31. The monoisotopic (exact) mass is 387 g/mol. The molecule has 0 radical (unpaired) electrons. The lowest BCUT2D eigenvalue weighted by Crippen LogP contribution is -2.28. The lowest BCUT2D eigenvalue weighted by molar-refractivity contribution is 0.171. The topological polar surface area (TPSA) is 73.9 Å². The second-order valence-electron chi connectivity index (χ2n) is 5.13. The van der Waals surface area contributed by atoms with E-state index in [0.717, 1.165) is 6.07 Å². The van der Waals surface area contributed by atoms with Crippen molar-refractivity contribution in [3.05, 3.63) is 47.2 Å². The summed E-state index contributed by atoms with van der Waals surface area (Å²) in [5.74, 6) is 0.709. The van der Waals surface area contributed by atoms with E-state index in [2.05, 4.69) is 4.72 Å². The molecule has 25 heavy (non-hydrogen) atoms. The summed E-state index contributed by atoms with van der Waals surface area (Å²) in [7, 11) is -3.72. The molecule has 0 saturated carbocycles. The molecule has 0 aliphatic carbocycles. The van der Waals surface area contributed by atoms with Gasteiger partial charge in [-0.3, -0.25) is 0 Å². The van der Waals surface area contributed by atoms with Gasteiger partial charge in [-0.2, -0.15) is 0 Å². The molecule has 134 valence electrons. The van der Waals surface area contributed by atoms with Crippen molar-refractivity contribution < 1.29 is 27.0 Å². The molecule has 9 heteroatoms. The van der Waals surface area contributed by atoms with Crippen molar-refractivity contribution in [2.45, 2.75) is 4.90 Å². The number of rotatable bonds is 6. The second-order valence-corrected chi connectivity index (χ2v) is 7.30. The Balaban J connectivity index is 1.58. The zero-order chi connectivity index (χ0) is 17.9. The van der Waals surface area contributed by atoms with Gasteiger partial charge in [-0.05, 0) is 30.3 Å². The Hall–Kier alpha value is -2.03. The molecule has 0 bridgehead atoms. The van der Waals surface area contributed by atoms with Gasteiger partial charge in [0.05, 0.1) is 9.92 Å². The molecule has 6 nitrogen and oxygen atoms in total. The van der Waals surface area contributed by atoms with E-state index in [1.54, 1.807) is 6.07 Å². The van der Waals surface area contributed by atoms with Crippen LogP contribution in [0.2, 0.25) is 5.02 Å². The average molecular weight is 388 g/mol. The van der Waals surface area contributed by atoms with Crippen LogP contribution in [-0.2, 0) is 10.0 Å². The minimum atomic E-state index is -3.72. The molecule has 0 unspecified atom stereocenters. The molecule has 1 aliphatic rings. The Morgan fingerprint density at radius 2 is 1.88 bits per heavy atom.